The molecule has 2 atom stereocenters. The van der Waals surface area contributed by atoms with E-state index in [0.29, 0.717) is 11.5 Å². The largest absolute Gasteiger partial charge is 0.335 e. The normalized spacial score (nSPS) is 14.1. The summed E-state index contributed by atoms with van der Waals surface area (Å²) < 4.78 is 25.9. The van der Waals surface area contributed by atoms with Crippen molar-refractivity contribution in [2.75, 3.05) is 0 Å². The van der Waals surface area contributed by atoms with Crippen LogP contribution in [-0.4, -0.2) is 12.1 Å². The van der Waals surface area contributed by atoms with Gasteiger partial charge in [-0.25, -0.2) is 13.6 Å². The van der Waals surface area contributed by atoms with Crippen LogP contribution in [0, 0.1) is 17.6 Å². The van der Waals surface area contributed by atoms with Gasteiger partial charge in [-0.1, -0.05) is 19.9 Å². The number of carbonyl (C=O) groups excluding carboxylic acids is 1. The lowest BCUT2D eigenvalue weighted by atomic mass is 10.1. The maximum Gasteiger partial charge on any atom is 0.315 e. The van der Waals surface area contributed by atoms with Crippen molar-refractivity contribution in [3.63, 3.8) is 0 Å². The van der Waals surface area contributed by atoms with Gasteiger partial charge in [0, 0.05) is 6.04 Å². The molecule has 0 bridgehead atoms. The minimum absolute atomic E-state index is 0.0390. The Morgan fingerprint density at radius 3 is 2.21 bits per heavy atom. The van der Waals surface area contributed by atoms with Crippen LogP contribution < -0.4 is 10.6 Å². The second-order valence-corrected chi connectivity index (χ2v) is 5.05. The zero-order valence-corrected chi connectivity index (χ0v) is 11.6. The molecule has 5 heteroatoms. The van der Waals surface area contributed by atoms with E-state index in [1.807, 2.05) is 20.8 Å². The minimum atomic E-state index is -0.915. The standard InChI is InChI=1S/C14H20F2N2O/c1-8(2)9(3)17-14(19)18-10(4)11-5-6-12(15)13(16)7-11/h5-10H,1-4H3,(H2,17,18,19). The molecule has 106 valence electrons. The summed E-state index contributed by atoms with van der Waals surface area (Å²) in [5.74, 6) is -1.49. The predicted octanol–water partition coefficient (Wildman–Crippen LogP) is 3.37. The van der Waals surface area contributed by atoms with E-state index in [0.717, 1.165) is 12.1 Å². The molecular formula is C14H20F2N2O. The van der Waals surface area contributed by atoms with Crippen LogP contribution in [-0.2, 0) is 0 Å². The zero-order chi connectivity index (χ0) is 14.6. The highest BCUT2D eigenvalue weighted by atomic mass is 19.2. The van der Waals surface area contributed by atoms with Gasteiger partial charge in [0.2, 0.25) is 0 Å². The number of rotatable bonds is 4. The molecule has 0 saturated heterocycles. The smallest absolute Gasteiger partial charge is 0.315 e. The molecule has 0 aliphatic carbocycles. The van der Waals surface area contributed by atoms with E-state index in [4.69, 9.17) is 0 Å². The van der Waals surface area contributed by atoms with Crippen molar-refractivity contribution < 1.29 is 13.6 Å². The van der Waals surface area contributed by atoms with E-state index in [-0.39, 0.29) is 12.1 Å². The highest BCUT2D eigenvalue weighted by Crippen LogP contribution is 2.15. The molecule has 0 saturated carbocycles. The first-order valence-corrected chi connectivity index (χ1v) is 6.33. The Kier molecular flexibility index (Phi) is 5.27. The molecule has 1 rings (SSSR count). The second-order valence-electron chi connectivity index (χ2n) is 5.05. The number of carbonyl (C=O) groups is 1. The molecule has 19 heavy (non-hydrogen) atoms. The van der Waals surface area contributed by atoms with Crippen LogP contribution in [0.15, 0.2) is 18.2 Å². The van der Waals surface area contributed by atoms with Gasteiger partial charge in [-0.2, -0.15) is 0 Å². The van der Waals surface area contributed by atoms with Crippen molar-refractivity contribution in [2.24, 2.45) is 5.92 Å². The lowest BCUT2D eigenvalue weighted by Crippen LogP contribution is -2.43. The van der Waals surface area contributed by atoms with Gasteiger partial charge in [-0.15, -0.1) is 0 Å². The number of nitrogens with one attached hydrogen (secondary N) is 2. The average molecular weight is 270 g/mol. The lowest BCUT2D eigenvalue weighted by Gasteiger charge is -2.20. The average Bonchev–Trinajstić information content (AvgIpc) is 2.32. The van der Waals surface area contributed by atoms with Crippen molar-refractivity contribution in [1.29, 1.82) is 0 Å². The summed E-state index contributed by atoms with van der Waals surface area (Å²) in [6.07, 6.45) is 0. The molecule has 0 radical (unpaired) electrons. The van der Waals surface area contributed by atoms with Gasteiger partial charge in [0.05, 0.1) is 6.04 Å². The monoisotopic (exact) mass is 270 g/mol. The molecule has 2 amide bonds. The number of benzene rings is 1. The van der Waals surface area contributed by atoms with Crippen LogP contribution in [0.2, 0.25) is 0 Å². The first-order valence-electron chi connectivity index (χ1n) is 6.33. The maximum atomic E-state index is 13.1. The Bertz CT molecular complexity index is 449. The van der Waals surface area contributed by atoms with Crippen molar-refractivity contribution in [3.05, 3.63) is 35.4 Å². The SMILES string of the molecule is CC(NC(=O)NC(C)C(C)C)c1ccc(F)c(F)c1. The zero-order valence-electron chi connectivity index (χ0n) is 11.6. The molecule has 2 N–H and O–H groups in total. The third kappa shape index (κ3) is 4.50. The number of hydrogen-bond acceptors (Lipinski definition) is 1. The number of hydrogen-bond donors (Lipinski definition) is 2. The van der Waals surface area contributed by atoms with Crippen molar-refractivity contribution >= 4 is 6.03 Å². The Hall–Kier alpha value is -1.65. The molecule has 0 aliphatic rings. The molecule has 0 spiro atoms. The summed E-state index contributed by atoms with van der Waals surface area (Å²) in [7, 11) is 0. The maximum absolute atomic E-state index is 13.1. The summed E-state index contributed by atoms with van der Waals surface area (Å²) in [6, 6.07) is 2.92. The summed E-state index contributed by atoms with van der Waals surface area (Å²) in [6.45, 7) is 7.63. The lowest BCUT2D eigenvalue weighted by molar-refractivity contribution is 0.231. The van der Waals surface area contributed by atoms with Crippen molar-refractivity contribution in [3.8, 4) is 0 Å². The topological polar surface area (TPSA) is 41.1 Å². The Labute approximate surface area is 112 Å². The fraction of sp³-hybridized carbons (Fsp3) is 0.500. The van der Waals surface area contributed by atoms with Gasteiger partial charge in [0.25, 0.3) is 0 Å². The summed E-state index contributed by atoms with van der Waals surface area (Å²) in [5, 5.41) is 5.48. The Morgan fingerprint density at radius 2 is 1.68 bits per heavy atom. The predicted molar refractivity (Wildman–Crippen MR) is 70.7 cm³/mol. The van der Waals surface area contributed by atoms with Crippen LogP contribution in [0.25, 0.3) is 0 Å². The van der Waals surface area contributed by atoms with Gasteiger partial charge < -0.3 is 10.6 Å². The van der Waals surface area contributed by atoms with Gasteiger partial charge in [0.1, 0.15) is 0 Å². The fourth-order valence-corrected chi connectivity index (χ4v) is 1.48. The number of halogens is 2. The highest BCUT2D eigenvalue weighted by Gasteiger charge is 2.14. The van der Waals surface area contributed by atoms with E-state index in [1.165, 1.54) is 6.07 Å². The van der Waals surface area contributed by atoms with Crippen LogP contribution >= 0.6 is 0 Å². The molecule has 2 unspecified atom stereocenters. The van der Waals surface area contributed by atoms with Gasteiger partial charge in [-0.05, 0) is 37.5 Å². The third-order valence-corrected chi connectivity index (χ3v) is 3.15. The van der Waals surface area contributed by atoms with E-state index >= 15 is 0 Å². The van der Waals surface area contributed by atoms with Gasteiger partial charge in [0.15, 0.2) is 11.6 Å². The molecule has 1 aromatic carbocycles. The summed E-state index contributed by atoms with van der Waals surface area (Å²) in [5.41, 5.74) is 0.520. The van der Waals surface area contributed by atoms with E-state index in [2.05, 4.69) is 10.6 Å². The molecule has 0 fully saturated rings. The van der Waals surface area contributed by atoms with Gasteiger partial charge >= 0.3 is 6.03 Å². The van der Waals surface area contributed by atoms with E-state index in [9.17, 15) is 13.6 Å². The number of amides is 2. The summed E-state index contributed by atoms with van der Waals surface area (Å²) in [4.78, 5) is 11.7. The van der Waals surface area contributed by atoms with Gasteiger partial charge in [-0.3, -0.25) is 0 Å². The second kappa shape index (κ2) is 6.50. The summed E-state index contributed by atoms with van der Waals surface area (Å²) >= 11 is 0. The van der Waals surface area contributed by atoms with Crippen LogP contribution in [0.5, 0.6) is 0 Å². The fourth-order valence-electron chi connectivity index (χ4n) is 1.48. The first kappa shape index (κ1) is 15.4. The van der Waals surface area contributed by atoms with Crippen molar-refractivity contribution in [2.45, 2.75) is 39.8 Å². The van der Waals surface area contributed by atoms with Crippen LogP contribution in [0.4, 0.5) is 13.6 Å². The van der Waals surface area contributed by atoms with Crippen LogP contribution in [0.3, 0.4) is 0 Å². The molecule has 3 nitrogen and oxygen atoms in total. The molecule has 0 heterocycles. The Morgan fingerprint density at radius 1 is 1.05 bits per heavy atom. The molecule has 1 aromatic rings. The molecule has 0 aliphatic heterocycles. The molecule has 0 aromatic heterocycles. The first-order chi connectivity index (χ1) is 8.81. The van der Waals surface area contributed by atoms with E-state index in [1.54, 1.807) is 6.92 Å². The third-order valence-electron chi connectivity index (χ3n) is 3.15. The highest BCUT2D eigenvalue weighted by molar-refractivity contribution is 5.74. The minimum Gasteiger partial charge on any atom is -0.335 e. The van der Waals surface area contributed by atoms with Crippen molar-refractivity contribution in [1.82, 2.24) is 10.6 Å². The Balaban J connectivity index is 2.61. The molecular weight excluding hydrogens is 250 g/mol. The van der Waals surface area contributed by atoms with Crippen LogP contribution in [0.1, 0.15) is 39.3 Å². The van der Waals surface area contributed by atoms with E-state index < -0.39 is 17.7 Å². The quantitative estimate of drug-likeness (QED) is 0.865. The number of urea groups is 1.